The molecule has 1 aromatic heterocycles. The van der Waals surface area contributed by atoms with Gasteiger partial charge >= 0.3 is 0 Å². The van der Waals surface area contributed by atoms with Crippen LogP contribution in [-0.4, -0.2) is 22.3 Å². The number of thiophene rings is 1. The van der Waals surface area contributed by atoms with E-state index in [1.54, 1.807) is 35.3 Å². The quantitative estimate of drug-likeness (QED) is 0.409. The zero-order valence-electron chi connectivity index (χ0n) is 12.5. The highest BCUT2D eigenvalue weighted by atomic mass is 79.9. The molecular weight excluding hydrogens is 380 g/mol. The predicted octanol–water partition coefficient (Wildman–Crippen LogP) is 4.56. The maximum Gasteiger partial charge on any atom is 0.272 e. The van der Waals surface area contributed by atoms with Gasteiger partial charge in [-0.1, -0.05) is 6.08 Å². The van der Waals surface area contributed by atoms with Crippen molar-refractivity contribution in [2.45, 2.75) is 13.5 Å². The second kappa shape index (κ2) is 7.52. The normalized spacial score (nSPS) is 10.3. The highest BCUT2D eigenvalue weighted by molar-refractivity contribution is 9.11. The number of carbonyl (C=O) groups excluding carboxylic acids is 1. The van der Waals surface area contributed by atoms with Crippen LogP contribution in [0.3, 0.4) is 0 Å². The third-order valence-corrected chi connectivity index (χ3v) is 4.86. The minimum absolute atomic E-state index is 0.0130. The SMILES string of the molecule is C=CCN(Cc1ccc(Br)s1)C(=O)c1ccc([N+](=O)[O-])c(C)c1. The molecule has 0 radical (unpaired) electrons. The fraction of sp³-hybridized carbons (Fsp3) is 0.188. The second-order valence-electron chi connectivity index (χ2n) is 4.94. The number of benzene rings is 1. The van der Waals surface area contributed by atoms with Crippen molar-refractivity contribution >= 4 is 38.9 Å². The fourth-order valence-corrected chi connectivity index (χ4v) is 3.67. The standard InChI is InChI=1S/C16H15BrN2O3S/c1-3-8-18(10-13-5-7-15(17)23-13)16(20)12-4-6-14(19(21)22)11(2)9-12/h3-7,9H,1,8,10H2,2H3. The molecule has 120 valence electrons. The number of aryl methyl sites for hydroxylation is 1. The van der Waals surface area contributed by atoms with E-state index in [2.05, 4.69) is 22.5 Å². The van der Waals surface area contributed by atoms with Crippen molar-refractivity contribution in [2.24, 2.45) is 0 Å². The van der Waals surface area contributed by atoms with Gasteiger partial charge in [0.25, 0.3) is 11.6 Å². The first kappa shape index (κ1) is 17.4. The summed E-state index contributed by atoms with van der Waals surface area (Å²) in [5.74, 6) is -0.174. The fourth-order valence-electron chi connectivity index (χ4n) is 2.18. The lowest BCUT2D eigenvalue weighted by Gasteiger charge is -2.20. The van der Waals surface area contributed by atoms with Gasteiger partial charge in [0, 0.05) is 28.6 Å². The van der Waals surface area contributed by atoms with E-state index >= 15 is 0 Å². The van der Waals surface area contributed by atoms with E-state index in [0.717, 1.165) is 8.66 Å². The predicted molar refractivity (Wildman–Crippen MR) is 94.8 cm³/mol. The molecular formula is C16H15BrN2O3S. The number of amides is 1. The molecule has 0 spiro atoms. The number of hydrogen-bond donors (Lipinski definition) is 0. The summed E-state index contributed by atoms with van der Waals surface area (Å²) >= 11 is 4.97. The van der Waals surface area contributed by atoms with Crippen LogP contribution >= 0.6 is 27.3 Å². The highest BCUT2D eigenvalue weighted by Crippen LogP contribution is 2.25. The van der Waals surface area contributed by atoms with Crippen LogP contribution in [0.1, 0.15) is 20.8 Å². The Kier molecular flexibility index (Phi) is 5.68. The molecule has 0 aliphatic rings. The summed E-state index contributed by atoms with van der Waals surface area (Å²) in [6, 6.07) is 8.32. The van der Waals surface area contributed by atoms with Gasteiger partial charge in [-0.2, -0.15) is 0 Å². The van der Waals surface area contributed by atoms with Gasteiger partial charge in [-0.15, -0.1) is 17.9 Å². The Morgan fingerprint density at radius 2 is 2.17 bits per heavy atom. The number of rotatable bonds is 6. The monoisotopic (exact) mass is 394 g/mol. The Hall–Kier alpha value is -1.99. The minimum atomic E-state index is -0.450. The summed E-state index contributed by atoms with van der Waals surface area (Å²) in [5.41, 5.74) is 0.919. The first-order valence-electron chi connectivity index (χ1n) is 6.81. The number of hydrogen-bond acceptors (Lipinski definition) is 4. The third-order valence-electron chi connectivity index (χ3n) is 3.25. The van der Waals surface area contributed by atoms with E-state index in [0.29, 0.717) is 24.2 Å². The van der Waals surface area contributed by atoms with Crippen molar-refractivity contribution in [1.29, 1.82) is 0 Å². The number of halogens is 1. The number of nitro groups is 1. The van der Waals surface area contributed by atoms with Crippen molar-refractivity contribution in [1.82, 2.24) is 4.90 Å². The number of nitro benzene ring substituents is 1. The van der Waals surface area contributed by atoms with E-state index in [4.69, 9.17) is 0 Å². The molecule has 0 saturated carbocycles. The van der Waals surface area contributed by atoms with Crippen LogP contribution in [0.25, 0.3) is 0 Å². The molecule has 5 nitrogen and oxygen atoms in total. The summed E-state index contributed by atoms with van der Waals surface area (Å²) in [4.78, 5) is 25.8. The molecule has 7 heteroatoms. The first-order chi connectivity index (χ1) is 10.9. The second-order valence-corrected chi connectivity index (χ2v) is 7.49. The van der Waals surface area contributed by atoms with Gasteiger partial charge in [0.2, 0.25) is 0 Å². The lowest BCUT2D eigenvalue weighted by molar-refractivity contribution is -0.385. The van der Waals surface area contributed by atoms with Crippen molar-refractivity contribution in [3.05, 3.63) is 72.9 Å². The maximum absolute atomic E-state index is 12.7. The Morgan fingerprint density at radius 1 is 1.43 bits per heavy atom. The summed E-state index contributed by atoms with van der Waals surface area (Å²) in [6.45, 7) is 6.19. The summed E-state index contributed by atoms with van der Waals surface area (Å²) in [5, 5.41) is 10.9. The van der Waals surface area contributed by atoms with Crippen LogP contribution in [-0.2, 0) is 6.54 Å². The van der Waals surface area contributed by atoms with Crippen LogP contribution in [0.15, 0.2) is 46.8 Å². The van der Waals surface area contributed by atoms with E-state index < -0.39 is 4.92 Å². The van der Waals surface area contributed by atoms with E-state index in [-0.39, 0.29) is 11.6 Å². The molecule has 0 aliphatic heterocycles. The van der Waals surface area contributed by atoms with E-state index in [9.17, 15) is 14.9 Å². The summed E-state index contributed by atoms with van der Waals surface area (Å²) < 4.78 is 1.00. The maximum atomic E-state index is 12.7. The van der Waals surface area contributed by atoms with Crippen LogP contribution in [0.5, 0.6) is 0 Å². The van der Waals surface area contributed by atoms with Gasteiger partial charge in [-0.25, -0.2) is 0 Å². The van der Waals surface area contributed by atoms with Gasteiger partial charge in [0.1, 0.15) is 0 Å². The molecule has 23 heavy (non-hydrogen) atoms. The smallest absolute Gasteiger partial charge is 0.272 e. The lowest BCUT2D eigenvalue weighted by Crippen LogP contribution is -2.30. The van der Waals surface area contributed by atoms with E-state index in [1.165, 1.54) is 12.1 Å². The van der Waals surface area contributed by atoms with E-state index in [1.807, 2.05) is 12.1 Å². The Morgan fingerprint density at radius 3 is 2.70 bits per heavy atom. The Balaban J connectivity index is 2.25. The molecule has 0 unspecified atom stereocenters. The topological polar surface area (TPSA) is 63.5 Å². The molecule has 0 saturated heterocycles. The van der Waals surface area contributed by atoms with Gasteiger partial charge in [0.15, 0.2) is 0 Å². The summed E-state index contributed by atoms with van der Waals surface area (Å²) in [7, 11) is 0. The van der Waals surface area contributed by atoms with Crippen LogP contribution in [0.2, 0.25) is 0 Å². The molecule has 1 amide bonds. The van der Waals surface area contributed by atoms with Gasteiger partial charge < -0.3 is 4.90 Å². The number of carbonyl (C=O) groups is 1. The third kappa shape index (κ3) is 4.27. The van der Waals surface area contributed by atoms with Gasteiger partial charge in [-0.05, 0) is 47.1 Å². The van der Waals surface area contributed by atoms with Crippen molar-refractivity contribution in [3.8, 4) is 0 Å². The average Bonchev–Trinajstić information content (AvgIpc) is 2.90. The minimum Gasteiger partial charge on any atom is -0.330 e. The lowest BCUT2D eigenvalue weighted by atomic mass is 10.1. The van der Waals surface area contributed by atoms with Crippen molar-refractivity contribution in [3.63, 3.8) is 0 Å². The van der Waals surface area contributed by atoms with Gasteiger partial charge in [0.05, 0.1) is 15.3 Å². The molecule has 0 atom stereocenters. The molecule has 2 rings (SSSR count). The largest absolute Gasteiger partial charge is 0.330 e. The Labute approximate surface area is 146 Å². The number of nitrogens with zero attached hydrogens (tertiary/aromatic N) is 2. The van der Waals surface area contributed by atoms with Gasteiger partial charge in [-0.3, -0.25) is 14.9 Å². The molecule has 0 bridgehead atoms. The molecule has 0 fully saturated rings. The van der Waals surface area contributed by atoms with Crippen LogP contribution in [0, 0.1) is 17.0 Å². The zero-order valence-corrected chi connectivity index (χ0v) is 14.9. The van der Waals surface area contributed by atoms with Crippen molar-refractivity contribution < 1.29 is 9.72 Å². The molecule has 2 aromatic rings. The Bertz CT molecular complexity index is 758. The molecule has 0 N–H and O–H groups in total. The van der Waals surface area contributed by atoms with Crippen LogP contribution < -0.4 is 0 Å². The molecule has 0 aliphatic carbocycles. The first-order valence-corrected chi connectivity index (χ1v) is 8.42. The van der Waals surface area contributed by atoms with Crippen LogP contribution in [0.4, 0.5) is 5.69 Å². The molecule has 1 heterocycles. The molecule has 1 aromatic carbocycles. The zero-order chi connectivity index (χ0) is 17.0. The highest BCUT2D eigenvalue weighted by Gasteiger charge is 2.19. The average molecular weight is 395 g/mol. The van der Waals surface area contributed by atoms with Crippen molar-refractivity contribution in [2.75, 3.05) is 6.54 Å². The summed E-state index contributed by atoms with van der Waals surface area (Å²) in [6.07, 6.45) is 1.67.